The van der Waals surface area contributed by atoms with Gasteiger partial charge in [-0.2, -0.15) is 0 Å². The zero-order valence-electron chi connectivity index (χ0n) is 11.6. The van der Waals surface area contributed by atoms with Crippen LogP contribution in [-0.2, 0) is 6.54 Å². The fourth-order valence-corrected chi connectivity index (χ4v) is 2.26. The van der Waals surface area contributed by atoms with E-state index in [2.05, 4.69) is 6.07 Å². The molecule has 0 bridgehead atoms. The number of anilines is 2. The molecule has 0 aliphatic rings. The second-order valence-electron chi connectivity index (χ2n) is 4.96. The Hall–Kier alpha value is -2.10. The van der Waals surface area contributed by atoms with Crippen molar-refractivity contribution in [3.8, 4) is 0 Å². The molecule has 2 aromatic rings. The van der Waals surface area contributed by atoms with Gasteiger partial charge in [-0.25, -0.2) is 8.78 Å². The van der Waals surface area contributed by atoms with Gasteiger partial charge in [0, 0.05) is 30.5 Å². The summed E-state index contributed by atoms with van der Waals surface area (Å²) in [7, 11) is 1.81. The molecule has 0 aliphatic heterocycles. The van der Waals surface area contributed by atoms with E-state index in [4.69, 9.17) is 5.73 Å². The topological polar surface area (TPSA) is 29.3 Å². The summed E-state index contributed by atoms with van der Waals surface area (Å²) in [6, 6.07) is 12.7. The number of rotatable bonds is 4. The van der Waals surface area contributed by atoms with Crippen molar-refractivity contribution in [3.63, 3.8) is 0 Å². The van der Waals surface area contributed by atoms with Gasteiger partial charge in [0.1, 0.15) is 0 Å². The molecule has 0 fully saturated rings. The molecular weight excluding hydrogens is 258 g/mol. The lowest BCUT2D eigenvalue weighted by molar-refractivity contribution is 0.152. The van der Waals surface area contributed by atoms with Crippen LogP contribution in [0.15, 0.2) is 42.5 Å². The Kier molecular flexibility index (Phi) is 4.23. The van der Waals surface area contributed by atoms with Crippen molar-refractivity contribution in [2.75, 3.05) is 17.7 Å². The van der Waals surface area contributed by atoms with E-state index in [1.807, 2.05) is 30.0 Å². The maximum atomic E-state index is 13.1. The predicted octanol–water partition coefficient (Wildman–Crippen LogP) is 4.15. The van der Waals surface area contributed by atoms with Crippen molar-refractivity contribution in [1.82, 2.24) is 0 Å². The van der Waals surface area contributed by atoms with Crippen LogP contribution >= 0.6 is 0 Å². The number of nitrogens with zero attached hydrogens (tertiary/aromatic N) is 1. The minimum absolute atomic E-state index is 0.0276. The molecule has 2 N–H and O–H groups in total. The molecule has 0 aliphatic carbocycles. The smallest absolute Gasteiger partial charge is 0.265 e. The first kappa shape index (κ1) is 14.3. The van der Waals surface area contributed by atoms with E-state index < -0.39 is 6.43 Å². The molecule has 0 atom stereocenters. The predicted molar refractivity (Wildman–Crippen MR) is 79.1 cm³/mol. The van der Waals surface area contributed by atoms with Gasteiger partial charge >= 0.3 is 0 Å². The Morgan fingerprint density at radius 2 is 1.90 bits per heavy atom. The average molecular weight is 276 g/mol. The second-order valence-corrected chi connectivity index (χ2v) is 4.96. The van der Waals surface area contributed by atoms with E-state index >= 15 is 0 Å². The Morgan fingerprint density at radius 3 is 2.55 bits per heavy atom. The number of aryl methyl sites for hydroxylation is 1. The van der Waals surface area contributed by atoms with Crippen molar-refractivity contribution in [2.24, 2.45) is 0 Å². The molecule has 4 heteroatoms. The highest BCUT2D eigenvalue weighted by molar-refractivity contribution is 5.60. The summed E-state index contributed by atoms with van der Waals surface area (Å²) in [6.45, 7) is 2.59. The number of nitrogens with two attached hydrogens (primary N) is 1. The quantitative estimate of drug-likeness (QED) is 0.850. The van der Waals surface area contributed by atoms with Crippen LogP contribution in [0.2, 0.25) is 0 Å². The van der Waals surface area contributed by atoms with Gasteiger partial charge < -0.3 is 10.6 Å². The molecule has 0 saturated carbocycles. The molecular formula is C16H18F2N2. The van der Waals surface area contributed by atoms with Crippen LogP contribution in [-0.4, -0.2) is 7.05 Å². The van der Waals surface area contributed by atoms with Crippen molar-refractivity contribution in [1.29, 1.82) is 0 Å². The normalized spacial score (nSPS) is 10.8. The molecule has 0 heterocycles. The Balaban J connectivity index is 2.27. The van der Waals surface area contributed by atoms with E-state index in [-0.39, 0.29) is 5.56 Å². The lowest BCUT2D eigenvalue weighted by Gasteiger charge is -2.23. The Bertz CT molecular complexity index is 597. The van der Waals surface area contributed by atoms with Crippen molar-refractivity contribution in [3.05, 3.63) is 59.2 Å². The summed E-state index contributed by atoms with van der Waals surface area (Å²) in [6.07, 6.45) is -2.53. The number of benzene rings is 2. The number of halogens is 2. The zero-order chi connectivity index (χ0) is 14.7. The van der Waals surface area contributed by atoms with Crippen molar-refractivity contribution >= 4 is 11.4 Å². The van der Waals surface area contributed by atoms with E-state index in [9.17, 15) is 8.78 Å². The highest BCUT2D eigenvalue weighted by Crippen LogP contribution is 2.31. The molecule has 0 spiro atoms. The summed E-state index contributed by atoms with van der Waals surface area (Å²) in [4.78, 5) is 1.82. The third kappa shape index (κ3) is 3.26. The van der Waals surface area contributed by atoms with Crippen LogP contribution in [0.5, 0.6) is 0 Å². The third-order valence-corrected chi connectivity index (χ3v) is 3.20. The SMILES string of the molecule is Cc1cccc(CN(C)c2ccc(N)cc2C(F)F)c1. The van der Waals surface area contributed by atoms with Crippen LogP contribution < -0.4 is 10.6 Å². The molecule has 0 radical (unpaired) electrons. The fraction of sp³-hybridized carbons (Fsp3) is 0.250. The van der Waals surface area contributed by atoms with Gasteiger partial charge in [-0.05, 0) is 30.7 Å². The summed E-state index contributed by atoms with van der Waals surface area (Å²) in [5, 5.41) is 0. The zero-order valence-corrected chi connectivity index (χ0v) is 11.6. The van der Waals surface area contributed by atoms with E-state index in [1.54, 1.807) is 19.2 Å². The van der Waals surface area contributed by atoms with Crippen molar-refractivity contribution < 1.29 is 8.78 Å². The summed E-state index contributed by atoms with van der Waals surface area (Å²) >= 11 is 0. The number of nitrogen functional groups attached to an aromatic ring is 1. The molecule has 2 aromatic carbocycles. The van der Waals surface area contributed by atoms with Gasteiger partial charge in [0.05, 0.1) is 0 Å². The summed E-state index contributed by atoms with van der Waals surface area (Å²) < 4.78 is 26.2. The monoisotopic (exact) mass is 276 g/mol. The number of alkyl halides is 2. The molecule has 0 unspecified atom stereocenters. The van der Waals surface area contributed by atoms with Crippen LogP contribution in [0.1, 0.15) is 23.1 Å². The summed E-state index contributed by atoms with van der Waals surface area (Å²) in [5.41, 5.74) is 8.67. The minimum atomic E-state index is -2.53. The molecule has 2 rings (SSSR count). The van der Waals surface area contributed by atoms with Crippen LogP contribution in [0, 0.1) is 6.92 Å². The first-order chi connectivity index (χ1) is 9.47. The van der Waals surface area contributed by atoms with Crippen LogP contribution in [0.4, 0.5) is 20.2 Å². The first-order valence-corrected chi connectivity index (χ1v) is 6.41. The average Bonchev–Trinajstić information content (AvgIpc) is 2.38. The molecule has 0 amide bonds. The minimum Gasteiger partial charge on any atom is -0.399 e. The molecule has 0 aromatic heterocycles. The highest BCUT2D eigenvalue weighted by Gasteiger charge is 2.16. The van der Waals surface area contributed by atoms with E-state index in [0.717, 1.165) is 11.1 Å². The second kappa shape index (κ2) is 5.90. The standard InChI is InChI=1S/C16H18F2N2/c1-11-4-3-5-12(8-11)10-20(2)15-7-6-13(19)9-14(15)16(17)18/h3-9,16H,10,19H2,1-2H3. The molecule has 2 nitrogen and oxygen atoms in total. The van der Waals surface area contributed by atoms with Gasteiger partial charge in [-0.1, -0.05) is 29.8 Å². The van der Waals surface area contributed by atoms with E-state index in [0.29, 0.717) is 17.9 Å². The van der Waals surface area contributed by atoms with E-state index in [1.165, 1.54) is 6.07 Å². The fourth-order valence-electron chi connectivity index (χ4n) is 2.26. The van der Waals surface area contributed by atoms with Gasteiger partial charge in [0.15, 0.2) is 0 Å². The number of hydrogen-bond acceptors (Lipinski definition) is 2. The lowest BCUT2D eigenvalue weighted by Crippen LogP contribution is -2.18. The maximum Gasteiger partial charge on any atom is 0.265 e. The Morgan fingerprint density at radius 1 is 1.15 bits per heavy atom. The number of hydrogen-bond donors (Lipinski definition) is 1. The maximum absolute atomic E-state index is 13.1. The highest BCUT2D eigenvalue weighted by atomic mass is 19.3. The van der Waals surface area contributed by atoms with Gasteiger partial charge in [0.2, 0.25) is 0 Å². The van der Waals surface area contributed by atoms with Gasteiger partial charge in [-0.15, -0.1) is 0 Å². The van der Waals surface area contributed by atoms with Crippen LogP contribution in [0.3, 0.4) is 0 Å². The third-order valence-electron chi connectivity index (χ3n) is 3.20. The molecule has 20 heavy (non-hydrogen) atoms. The van der Waals surface area contributed by atoms with Crippen molar-refractivity contribution in [2.45, 2.75) is 19.9 Å². The Labute approximate surface area is 117 Å². The lowest BCUT2D eigenvalue weighted by atomic mass is 10.1. The molecule has 0 saturated heterocycles. The van der Waals surface area contributed by atoms with Gasteiger partial charge in [0.25, 0.3) is 6.43 Å². The largest absolute Gasteiger partial charge is 0.399 e. The summed E-state index contributed by atoms with van der Waals surface area (Å²) in [5.74, 6) is 0. The first-order valence-electron chi connectivity index (χ1n) is 6.41. The molecule has 106 valence electrons. The van der Waals surface area contributed by atoms with Gasteiger partial charge in [-0.3, -0.25) is 0 Å². The van der Waals surface area contributed by atoms with Crippen LogP contribution in [0.25, 0.3) is 0 Å².